The van der Waals surface area contributed by atoms with Gasteiger partial charge in [-0.05, 0) is 31.9 Å². The van der Waals surface area contributed by atoms with E-state index in [1.54, 1.807) is 0 Å². The first-order valence-corrected chi connectivity index (χ1v) is 10.4. The van der Waals surface area contributed by atoms with E-state index in [1.165, 1.54) is 24.3 Å². The van der Waals surface area contributed by atoms with Crippen LogP contribution in [0.5, 0.6) is 0 Å². The van der Waals surface area contributed by atoms with Crippen LogP contribution in [0.4, 0.5) is 5.69 Å². The van der Waals surface area contributed by atoms with Crippen LogP contribution in [0.15, 0.2) is 48.3 Å². The van der Waals surface area contributed by atoms with Gasteiger partial charge in [0.2, 0.25) is 12.8 Å². The van der Waals surface area contributed by atoms with Crippen molar-refractivity contribution in [1.29, 1.82) is 0 Å². The van der Waals surface area contributed by atoms with Gasteiger partial charge in [-0.3, -0.25) is 24.5 Å². The molecular formula is C22H35N5O6. The molecule has 0 heterocycles. The number of non-ortho nitro benzene ring substituents is 1. The van der Waals surface area contributed by atoms with Gasteiger partial charge in [0.15, 0.2) is 0 Å². The highest BCUT2D eigenvalue weighted by atomic mass is 16.6. The predicted molar refractivity (Wildman–Crippen MR) is 127 cm³/mol. The van der Waals surface area contributed by atoms with Crippen molar-refractivity contribution in [1.82, 2.24) is 21.3 Å². The van der Waals surface area contributed by atoms with Crippen molar-refractivity contribution in [2.45, 2.75) is 39.7 Å². The molecule has 1 aromatic rings. The summed E-state index contributed by atoms with van der Waals surface area (Å²) in [4.78, 5) is 40.2. The largest absolute Gasteiger partial charge is 0.481 e. The molecule has 0 bridgehead atoms. The lowest BCUT2D eigenvalue weighted by Crippen LogP contribution is -2.23. The summed E-state index contributed by atoms with van der Waals surface area (Å²) in [5, 5.41) is 30.3. The topological polar surface area (TPSA) is 163 Å². The maximum atomic E-state index is 10.6. The Balaban J connectivity index is 0. The van der Waals surface area contributed by atoms with Crippen LogP contribution in [-0.2, 0) is 14.4 Å². The number of aliphatic carboxylic acids is 1. The fraction of sp³-hybridized carbons (Fsp3) is 0.409. The van der Waals surface area contributed by atoms with Gasteiger partial charge in [0.25, 0.3) is 5.69 Å². The quantitative estimate of drug-likeness (QED) is 0.128. The van der Waals surface area contributed by atoms with E-state index >= 15 is 0 Å². The Hall–Kier alpha value is -3.89. The van der Waals surface area contributed by atoms with E-state index in [1.807, 2.05) is 39.1 Å². The van der Waals surface area contributed by atoms with E-state index in [0.717, 1.165) is 25.3 Å². The molecule has 0 radical (unpaired) electrons. The summed E-state index contributed by atoms with van der Waals surface area (Å²) in [5.41, 5.74) is 0.235. The van der Waals surface area contributed by atoms with Crippen LogP contribution >= 0.6 is 0 Å². The van der Waals surface area contributed by atoms with Crippen LogP contribution in [-0.4, -0.2) is 49.0 Å². The molecule has 0 spiro atoms. The SMILES string of the molecule is C/C=C\C=C(/NC)NCCC.CCNC=O.O=CNC(CC(=O)O)c1cccc([N+](=O)[O-])c1. The minimum Gasteiger partial charge on any atom is -0.481 e. The molecule has 1 atom stereocenters. The van der Waals surface area contributed by atoms with E-state index in [9.17, 15) is 24.5 Å². The van der Waals surface area contributed by atoms with Gasteiger partial charge < -0.3 is 26.4 Å². The third-order valence-electron chi connectivity index (χ3n) is 3.71. The number of allylic oxidation sites excluding steroid dienone is 3. The molecule has 2 amide bonds. The van der Waals surface area contributed by atoms with E-state index in [0.29, 0.717) is 18.4 Å². The number of benzene rings is 1. The Morgan fingerprint density at radius 1 is 1.24 bits per heavy atom. The molecule has 0 aliphatic carbocycles. The second-order valence-electron chi connectivity index (χ2n) is 6.25. The van der Waals surface area contributed by atoms with Crippen LogP contribution < -0.4 is 21.3 Å². The van der Waals surface area contributed by atoms with Gasteiger partial charge in [-0.1, -0.05) is 31.2 Å². The molecule has 1 aromatic carbocycles. The third-order valence-corrected chi connectivity index (χ3v) is 3.71. The van der Waals surface area contributed by atoms with Gasteiger partial charge in [-0.25, -0.2) is 0 Å². The average Bonchev–Trinajstić information content (AvgIpc) is 2.80. The summed E-state index contributed by atoms with van der Waals surface area (Å²) in [6, 6.07) is 4.73. The first-order valence-electron chi connectivity index (χ1n) is 10.4. The van der Waals surface area contributed by atoms with Crippen LogP contribution in [0.2, 0.25) is 0 Å². The number of nitrogens with zero attached hydrogens (tertiary/aromatic N) is 1. The smallest absolute Gasteiger partial charge is 0.305 e. The molecule has 1 unspecified atom stereocenters. The lowest BCUT2D eigenvalue weighted by molar-refractivity contribution is -0.384. The number of carbonyl (C=O) groups is 3. The highest BCUT2D eigenvalue weighted by Crippen LogP contribution is 2.21. The number of carboxylic acid groups (broad SMARTS) is 1. The Morgan fingerprint density at radius 2 is 1.94 bits per heavy atom. The van der Waals surface area contributed by atoms with Crippen molar-refractivity contribution in [3.63, 3.8) is 0 Å². The van der Waals surface area contributed by atoms with E-state index < -0.39 is 16.9 Å². The molecule has 11 nitrogen and oxygen atoms in total. The van der Waals surface area contributed by atoms with Crippen LogP contribution in [0, 0.1) is 10.1 Å². The van der Waals surface area contributed by atoms with E-state index in [2.05, 4.69) is 28.2 Å². The first kappa shape index (κ1) is 31.3. The predicted octanol–water partition coefficient (Wildman–Crippen LogP) is 2.23. The molecule has 0 saturated heterocycles. The van der Waals surface area contributed by atoms with Gasteiger partial charge in [-0.15, -0.1) is 0 Å². The number of nitro benzene ring substituents is 1. The van der Waals surface area contributed by atoms with Crippen LogP contribution in [0.3, 0.4) is 0 Å². The van der Waals surface area contributed by atoms with E-state index in [-0.39, 0.29) is 12.1 Å². The fourth-order valence-corrected chi connectivity index (χ4v) is 2.15. The number of amides is 2. The fourth-order valence-electron chi connectivity index (χ4n) is 2.15. The summed E-state index contributed by atoms with van der Waals surface area (Å²) in [6.45, 7) is 7.77. The van der Waals surface area contributed by atoms with Gasteiger partial charge in [-0.2, -0.15) is 0 Å². The summed E-state index contributed by atoms with van der Waals surface area (Å²) >= 11 is 0. The number of carboxylic acids is 1. The maximum absolute atomic E-state index is 10.6. The van der Waals surface area contributed by atoms with Gasteiger partial charge in [0.1, 0.15) is 0 Å². The minimum atomic E-state index is -1.10. The Kier molecular flexibility index (Phi) is 20.2. The molecular weight excluding hydrogens is 430 g/mol. The number of rotatable bonds is 13. The maximum Gasteiger partial charge on any atom is 0.305 e. The molecule has 0 fully saturated rings. The van der Waals surface area contributed by atoms with Crippen molar-refractivity contribution in [3.8, 4) is 0 Å². The number of hydrogen-bond acceptors (Lipinski definition) is 7. The standard InChI is InChI=1S/C10H10N2O5.C9H18N2.C3H7NO/c13-6-11-9(5-10(14)15)7-2-1-3-8(4-7)12(16)17;1-4-6-7-9(10-3)11-8-5-2;1-2-4-3-5/h1-4,6,9H,5H2,(H,11,13)(H,14,15);4,6-7,10-11H,5,8H2,1-3H3;3H,2H2,1H3,(H,4,5)/b;6-4-,9-7+;. The Labute approximate surface area is 194 Å². The summed E-state index contributed by atoms with van der Waals surface area (Å²) in [7, 11) is 1.91. The average molecular weight is 466 g/mol. The zero-order valence-corrected chi connectivity index (χ0v) is 19.5. The normalized spacial score (nSPS) is 11.0. The molecule has 0 aliphatic heterocycles. The van der Waals surface area contributed by atoms with Crippen LogP contribution in [0.25, 0.3) is 0 Å². The van der Waals surface area contributed by atoms with Gasteiger partial charge in [0.05, 0.1) is 23.2 Å². The number of carbonyl (C=O) groups excluding carboxylic acids is 2. The van der Waals surface area contributed by atoms with Gasteiger partial charge >= 0.3 is 5.97 Å². The minimum absolute atomic E-state index is 0.148. The highest BCUT2D eigenvalue weighted by Gasteiger charge is 2.17. The number of nitrogens with one attached hydrogen (secondary N) is 4. The second-order valence-corrected chi connectivity index (χ2v) is 6.25. The lowest BCUT2D eigenvalue weighted by Gasteiger charge is -2.13. The zero-order valence-electron chi connectivity index (χ0n) is 19.5. The monoisotopic (exact) mass is 465 g/mol. The van der Waals surface area contributed by atoms with Crippen molar-refractivity contribution < 1.29 is 24.4 Å². The molecule has 0 aromatic heterocycles. The number of nitro groups is 1. The molecule has 0 saturated carbocycles. The Morgan fingerprint density at radius 3 is 2.36 bits per heavy atom. The molecule has 184 valence electrons. The second kappa shape index (κ2) is 21.3. The molecule has 0 aliphatic rings. The van der Waals surface area contributed by atoms with Crippen LogP contribution in [0.1, 0.15) is 45.2 Å². The van der Waals surface area contributed by atoms with Crippen molar-refractivity contribution >= 4 is 24.5 Å². The molecule has 5 N–H and O–H groups in total. The van der Waals surface area contributed by atoms with Crippen molar-refractivity contribution in [3.05, 3.63) is 64.0 Å². The Bertz CT molecular complexity index is 767. The first-order chi connectivity index (χ1) is 15.8. The highest BCUT2D eigenvalue weighted by molar-refractivity contribution is 5.68. The molecule has 11 heteroatoms. The third kappa shape index (κ3) is 17.5. The lowest BCUT2D eigenvalue weighted by atomic mass is 10.0. The summed E-state index contributed by atoms with van der Waals surface area (Å²) in [5.74, 6) is -0.0270. The van der Waals surface area contributed by atoms with Crippen molar-refractivity contribution in [2.24, 2.45) is 0 Å². The summed E-state index contributed by atoms with van der Waals surface area (Å²) < 4.78 is 0. The molecule has 33 heavy (non-hydrogen) atoms. The van der Waals surface area contributed by atoms with Crippen molar-refractivity contribution in [2.75, 3.05) is 20.1 Å². The van der Waals surface area contributed by atoms with Gasteiger partial charge in [0, 0.05) is 32.3 Å². The van der Waals surface area contributed by atoms with E-state index in [4.69, 9.17) is 5.11 Å². The zero-order chi connectivity index (χ0) is 25.5. The molecule has 1 rings (SSSR count). The number of hydrogen-bond donors (Lipinski definition) is 5. The summed E-state index contributed by atoms with van der Waals surface area (Å²) in [6.07, 6.45) is 7.90.